The first-order chi connectivity index (χ1) is 13.2. The van der Waals surface area contributed by atoms with Crippen LogP contribution in [0.4, 0.5) is 0 Å². The van der Waals surface area contributed by atoms with Crippen LogP contribution in [0.2, 0.25) is 0 Å². The molecule has 3 fully saturated rings. The van der Waals surface area contributed by atoms with Gasteiger partial charge in [0.15, 0.2) is 11.6 Å². The molecule has 6 atom stereocenters. The Morgan fingerprint density at radius 2 is 1.86 bits per heavy atom. The van der Waals surface area contributed by atoms with Crippen molar-refractivity contribution in [3.63, 3.8) is 0 Å². The predicted octanol–water partition coefficient (Wildman–Crippen LogP) is 4.24. The Hall–Kier alpha value is -1.00. The van der Waals surface area contributed by atoms with E-state index in [0.29, 0.717) is 30.0 Å². The van der Waals surface area contributed by atoms with Crippen molar-refractivity contribution >= 4 is 11.6 Å². The van der Waals surface area contributed by atoms with Gasteiger partial charge in [-0.25, -0.2) is 0 Å². The lowest BCUT2D eigenvalue weighted by atomic mass is 9.46. The number of carbonyl (C=O) groups excluding carboxylic acids is 2. The van der Waals surface area contributed by atoms with Gasteiger partial charge in [0.25, 0.3) is 0 Å². The molecule has 0 bridgehead atoms. The van der Waals surface area contributed by atoms with Crippen LogP contribution in [0, 0.1) is 28.6 Å². The molecule has 0 spiro atoms. The Balaban J connectivity index is 1.70. The Labute approximate surface area is 169 Å². The zero-order valence-electron chi connectivity index (χ0n) is 17.9. The van der Waals surface area contributed by atoms with Crippen LogP contribution < -0.4 is 0 Å². The molecule has 3 saturated carbocycles. The van der Waals surface area contributed by atoms with Crippen molar-refractivity contribution in [2.75, 3.05) is 6.61 Å². The molecule has 156 valence electrons. The van der Waals surface area contributed by atoms with Crippen LogP contribution in [0.1, 0.15) is 79.1 Å². The normalized spacial score (nSPS) is 45.3. The van der Waals surface area contributed by atoms with Gasteiger partial charge < -0.3 is 9.84 Å². The van der Waals surface area contributed by atoms with Crippen molar-refractivity contribution in [1.29, 1.82) is 0 Å². The van der Waals surface area contributed by atoms with Crippen LogP contribution in [0.15, 0.2) is 11.6 Å². The summed E-state index contributed by atoms with van der Waals surface area (Å²) in [5.74, 6) is 1.80. The summed E-state index contributed by atoms with van der Waals surface area (Å²) in [6, 6.07) is 0. The molecule has 4 heteroatoms. The zero-order chi connectivity index (χ0) is 20.3. The summed E-state index contributed by atoms with van der Waals surface area (Å²) >= 11 is 0. The second-order valence-electron chi connectivity index (χ2n) is 10.5. The van der Waals surface area contributed by atoms with Crippen molar-refractivity contribution in [3.8, 4) is 0 Å². The Morgan fingerprint density at radius 3 is 2.54 bits per heavy atom. The summed E-state index contributed by atoms with van der Waals surface area (Å²) < 4.78 is 6.38. The van der Waals surface area contributed by atoms with Gasteiger partial charge in [0.1, 0.15) is 12.2 Å². The van der Waals surface area contributed by atoms with Crippen molar-refractivity contribution in [2.24, 2.45) is 28.6 Å². The molecule has 28 heavy (non-hydrogen) atoms. The van der Waals surface area contributed by atoms with Gasteiger partial charge in [0.2, 0.25) is 0 Å². The highest BCUT2D eigenvalue weighted by atomic mass is 16.5. The number of rotatable bonds is 4. The number of carbonyl (C=O) groups is 2. The molecule has 6 unspecified atom stereocenters. The molecule has 0 aromatic heterocycles. The van der Waals surface area contributed by atoms with Gasteiger partial charge in [-0.1, -0.05) is 19.4 Å². The van der Waals surface area contributed by atoms with Gasteiger partial charge in [-0.05, 0) is 88.0 Å². The van der Waals surface area contributed by atoms with E-state index in [9.17, 15) is 14.7 Å². The van der Waals surface area contributed by atoms with E-state index in [-0.39, 0.29) is 22.7 Å². The number of hydrogen-bond acceptors (Lipinski definition) is 4. The minimum absolute atomic E-state index is 0.0356. The molecular weight excluding hydrogens is 352 g/mol. The highest BCUT2D eigenvalue weighted by Gasteiger charge is 2.67. The van der Waals surface area contributed by atoms with Crippen molar-refractivity contribution in [1.82, 2.24) is 0 Å². The fourth-order valence-electron chi connectivity index (χ4n) is 7.80. The van der Waals surface area contributed by atoms with E-state index in [2.05, 4.69) is 13.8 Å². The summed E-state index contributed by atoms with van der Waals surface area (Å²) in [6.45, 7) is 8.19. The lowest BCUT2D eigenvalue weighted by Crippen LogP contribution is -2.59. The van der Waals surface area contributed by atoms with Gasteiger partial charge in [-0.3, -0.25) is 9.59 Å². The number of ether oxygens (including phenoxy) is 1. The summed E-state index contributed by atoms with van der Waals surface area (Å²) in [4.78, 5) is 25.0. The van der Waals surface area contributed by atoms with E-state index in [1.54, 1.807) is 0 Å². The minimum Gasteiger partial charge on any atom is -0.388 e. The molecule has 0 radical (unpaired) electrons. The largest absolute Gasteiger partial charge is 0.388 e. The first-order valence-electron chi connectivity index (χ1n) is 11.2. The SMILES string of the molecule is CC(C)OC1(C(=O)CO)CCC2C3CCC4=CC(=O)CCC4(C)C3CCC21C. The number of ketones is 2. The Kier molecular flexibility index (Phi) is 4.90. The summed E-state index contributed by atoms with van der Waals surface area (Å²) in [5.41, 5.74) is 0.470. The number of Topliss-reactive ketones (excluding diaryl/α,β-unsaturated/α-hetero) is 1. The van der Waals surface area contributed by atoms with Gasteiger partial charge in [-0.2, -0.15) is 0 Å². The third-order valence-electron chi connectivity index (χ3n) is 9.11. The van der Waals surface area contributed by atoms with Crippen LogP contribution in [-0.4, -0.2) is 35.0 Å². The van der Waals surface area contributed by atoms with Gasteiger partial charge in [0, 0.05) is 11.8 Å². The quantitative estimate of drug-likeness (QED) is 0.782. The second-order valence-corrected chi connectivity index (χ2v) is 10.5. The third-order valence-corrected chi connectivity index (χ3v) is 9.11. The van der Waals surface area contributed by atoms with E-state index in [0.717, 1.165) is 44.9 Å². The zero-order valence-corrected chi connectivity index (χ0v) is 17.9. The maximum atomic E-state index is 13.0. The first-order valence-corrected chi connectivity index (χ1v) is 11.2. The van der Waals surface area contributed by atoms with Crippen molar-refractivity contribution in [3.05, 3.63) is 11.6 Å². The fourth-order valence-corrected chi connectivity index (χ4v) is 7.80. The summed E-state index contributed by atoms with van der Waals surface area (Å²) in [7, 11) is 0. The monoisotopic (exact) mass is 388 g/mol. The molecule has 0 aliphatic heterocycles. The Bertz CT molecular complexity index is 709. The predicted molar refractivity (Wildman–Crippen MR) is 108 cm³/mol. The number of aliphatic hydroxyl groups excluding tert-OH is 1. The van der Waals surface area contributed by atoms with Crippen LogP contribution >= 0.6 is 0 Å². The van der Waals surface area contributed by atoms with Crippen LogP contribution in [-0.2, 0) is 14.3 Å². The van der Waals surface area contributed by atoms with E-state index in [4.69, 9.17) is 4.74 Å². The number of aliphatic hydroxyl groups is 1. The van der Waals surface area contributed by atoms with E-state index in [1.807, 2.05) is 19.9 Å². The van der Waals surface area contributed by atoms with Gasteiger partial charge in [-0.15, -0.1) is 0 Å². The first kappa shape index (κ1) is 20.3. The standard InChI is InChI=1S/C24H36O4/c1-15(2)28-24(21(27)14-25)12-9-20-18-6-5-16-13-17(26)7-10-22(16,3)19(18)8-11-23(20,24)4/h13,15,18-20,25H,5-12,14H2,1-4H3. The van der Waals surface area contributed by atoms with Crippen LogP contribution in [0.5, 0.6) is 0 Å². The average molecular weight is 389 g/mol. The fraction of sp³-hybridized carbons (Fsp3) is 0.833. The second kappa shape index (κ2) is 6.77. The molecular formula is C24H36O4. The number of fused-ring (bicyclic) bond motifs is 5. The highest BCUT2D eigenvalue weighted by molar-refractivity contribution is 5.91. The molecule has 4 nitrogen and oxygen atoms in total. The van der Waals surface area contributed by atoms with Gasteiger partial charge in [0.05, 0.1) is 6.10 Å². The third kappa shape index (κ3) is 2.63. The smallest absolute Gasteiger partial charge is 0.190 e. The Morgan fingerprint density at radius 1 is 1.14 bits per heavy atom. The molecule has 4 aliphatic rings. The van der Waals surface area contributed by atoms with Crippen molar-refractivity contribution < 1.29 is 19.4 Å². The van der Waals surface area contributed by atoms with Crippen LogP contribution in [0.3, 0.4) is 0 Å². The van der Waals surface area contributed by atoms with E-state index >= 15 is 0 Å². The molecule has 1 N–H and O–H groups in total. The average Bonchev–Trinajstić information content (AvgIpc) is 2.94. The summed E-state index contributed by atoms with van der Waals surface area (Å²) in [5, 5.41) is 9.76. The molecule has 0 saturated heterocycles. The molecule has 4 rings (SSSR count). The van der Waals surface area contributed by atoms with E-state index < -0.39 is 12.2 Å². The highest BCUT2D eigenvalue weighted by Crippen LogP contribution is 2.68. The molecule has 0 aromatic carbocycles. The molecule has 0 amide bonds. The number of allylic oxidation sites excluding steroid dienone is 1. The van der Waals surface area contributed by atoms with E-state index in [1.165, 1.54) is 5.57 Å². The lowest BCUT2D eigenvalue weighted by Gasteiger charge is -2.59. The number of hydrogen-bond donors (Lipinski definition) is 1. The molecule has 4 aliphatic carbocycles. The van der Waals surface area contributed by atoms with Crippen molar-refractivity contribution in [2.45, 2.75) is 90.8 Å². The lowest BCUT2D eigenvalue weighted by molar-refractivity contribution is -0.189. The van der Waals surface area contributed by atoms with Crippen LogP contribution in [0.25, 0.3) is 0 Å². The maximum Gasteiger partial charge on any atom is 0.190 e. The maximum absolute atomic E-state index is 13.0. The molecule has 0 heterocycles. The summed E-state index contributed by atoms with van der Waals surface area (Å²) in [6.07, 6.45) is 9.48. The molecule has 0 aromatic rings. The van der Waals surface area contributed by atoms with Gasteiger partial charge >= 0.3 is 0 Å². The topological polar surface area (TPSA) is 63.6 Å². The minimum atomic E-state index is -0.842.